The fraction of sp³-hybridized carbons (Fsp3) is 0.300. The Balaban J connectivity index is 2.64. The Hall–Kier alpha value is -1.86. The molecule has 0 aliphatic carbocycles. The van der Waals surface area contributed by atoms with Gasteiger partial charge in [-0.15, -0.1) is 0 Å². The van der Waals surface area contributed by atoms with E-state index in [2.05, 4.69) is 0 Å². The minimum Gasteiger partial charge on any atom is -0.492 e. The third-order valence-corrected chi connectivity index (χ3v) is 2.49. The molecule has 0 aliphatic rings. The van der Waals surface area contributed by atoms with Gasteiger partial charge in [-0.25, -0.2) is 0 Å². The molecule has 0 bridgehead atoms. The normalized spacial score (nSPS) is 11.9. The largest absolute Gasteiger partial charge is 0.492 e. The Morgan fingerprint density at radius 3 is 2.78 bits per heavy atom. The Labute approximate surface area is 108 Å². The van der Waals surface area contributed by atoms with Crippen LogP contribution in [0.15, 0.2) is 18.2 Å². The SMILES string of the molecule is NC(=O)C(N)CCOc1cc([N+](=O)[O-])ccc1Cl. The van der Waals surface area contributed by atoms with Crippen LogP contribution in [0.25, 0.3) is 0 Å². The van der Waals surface area contributed by atoms with Gasteiger partial charge in [0.2, 0.25) is 5.91 Å². The van der Waals surface area contributed by atoms with E-state index < -0.39 is 16.9 Å². The van der Waals surface area contributed by atoms with Crippen molar-refractivity contribution < 1.29 is 14.5 Å². The van der Waals surface area contributed by atoms with E-state index in [-0.39, 0.29) is 29.5 Å². The van der Waals surface area contributed by atoms with Crippen molar-refractivity contribution >= 4 is 23.2 Å². The molecule has 1 atom stereocenters. The smallest absolute Gasteiger partial charge is 0.273 e. The number of ether oxygens (including phenoxy) is 1. The summed E-state index contributed by atoms with van der Waals surface area (Å²) < 4.78 is 5.22. The lowest BCUT2D eigenvalue weighted by atomic mass is 10.2. The Morgan fingerprint density at radius 1 is 1.56 bits per heavy atom. The molecular weight excluding hydrogens is 262 g/mol. The van der Waals surface area contributed by atoms with Crippen molar-refractivity contribution in [2.75, 3.05) is 6.61 Å². The summed E-state index contributed by atoms with van der Waals surface area (Å²) in [5.41, 5.74) is 10.2. The van der Waals surface area contributed by atoms with Gasteiger partial charge in [0.05, 0.1) is 28.7 Å². The van der Waals surface area contributed by atoms with Crippen LogP contribution >= 0.6 is 11.6 Å². The number of amides is 1. The molecule has 1 aromatic carbocycles. The van der Waals surface area contributed by atoms with Crippen molar-refractivity contribution in [3.8, 4) is 5.75 Å². The number of nitrogens with zero attached hydrogens (tertiary/aromatic N) is 1. The van der Waals surface area contributed by atoms with E-state index in [4.69, 9.17) is 27.8 Å². The highest BCUT2D eigenvalue weighted by Crippen LogP contribution is 2.28. The summed E-state index contributed by atoms with van der Waals surface area (Å²) in [5.74, 6) is -0.466. The quantitative estimate of drug-likeness (QED) is 0.587. The predicted octanol–water partition coefficient (Wildman–Crippen LogP) is 0.830. The standard InChI is InChI=1S/C10H12ClN3O4/c11-7-2-1-6(14(16)17)5-9(7)18-4-3-8(12)10(13)15/h1-2,5,8H,3-4,12H2,(H2,13,15). The molecule has 1 aromatic rings. The fourth-order valence-corrected chi connectivity index (χ4v) is 1.33. The van der Waals surface area contributed by atoms with E-state index in [1.165, 1.54) is 18.2 Å². The Bertz CT molecular complexity index is 466. The van der Waals surface area contributed by atoms with E-state index >= 15 is 0 Å². The number of rotatable bonds is 6. The van der Waals surface area contributed by atoms with Gasteiger partial charge in [-0.05, 0) is 6.07 Å². The average Bonchev–Trinajstić information content (AvgIpc) is 2.30. The number of hydrogen-bond acceptors (Lipinski definition) is 5. The van der Waals surface area contributed by atoms with Gasteiger partial charge in [0, 0.05) is 12.5 Å². The number of nitrogens with two attached hydrogens (primary N) is 2. The van der Waals surface area contributed by atoms with Crippen molar-refractivity contribution in [1.82, 2.24) is 0 Å². The zero-order chi connectivity index (χ0) is 13.7. The van der Waals surface area contributed by atoms with Gasteiger partial charge >= 0.3 is 0 Å². The maximum absolute atomic E-state index is 10.7. The van der Waals surface area contributed by atoms with Crippen molar-refractivity contribution in [3.05, 3.63) is 33.3 Å². The number of carbonyl (C=O) groups is 1. The number of non-ortho nitro benzene ring substituents is 1. The van der Waals surface area contributed by atoms with Gasteiger partial charge in [0.25, 0.3) is 5.69 Å². The first-order valence-corrected chi connectivity index (χ1v) is 5.41. The molecule has 1 rings (SSSR count). The van der Waals surface area contributed by atoms with Crippen LogP contribution < -0.4 is 16.2 Å². The van der Waals surface area contributed by atoms with Crippen LogP contribution in [0.3, 0.4) is 0 Å². The van der Waals surface area contributed by atoms with Gasteiger partial charge in [-0.2, -0.15) is 0 Å². The van der Waals surface area contributed by atoms with Gasteiger partial charge in [0.1, 0.15) is 5.75 Å². The summed E-state index contributed by atoms with van der Waals surface area (Å²) >= 11 is 5.81. The van der Waals surface area contributed by atoms with Gasteiger partial charge in [0.15, 0.2) is 0 Å². The van der Waals surface area contributed by atoms with Crippen LogP contribution in [0.1, 0.15) is 6.42 Å². The lowest BCUT2D eigenvalue weighted by Crippen LogP contribution is -2.37. The summed E-state index contributed by atoms with van der Waals surface area (Å²) in [6, 6.07) is 3.02. The third-order valence-electron chi connectivity index (χ3n) is 2.18. The molecule has 0 saturated carbocycles. The molecule has 18 heavy (non-hydrogen) atoms. The molecule has 0 aromatic heterocycles. The number of nitro groups is 1. The molecule has 4 N–H and O–H groups in total. The predicted molar refractivity (Wildman–Crippen MR) is 65.4 cm³/mol. The highest BCUT2D eigenvalue weighted by atomic mass is 35.5. The lowest BCUT2D eigenvalue weighted by Gasteiger charge is -2.10. The highest BCUT2D eigenvalue weighted by molar-refractivity contribution is 6.32. The molecule has 0 aliphatic heterocycles. The van der Waals surface area contributed by atoms with Gasteiger partial charge in [-0.3, -0.25) is 14.9 Å². The summed E-state index contributed by atoms with van der Waals surface area (Å²) in [6.07, 6.45) is 0.203. The Kier molecular flexibility index (Phi) is 4.87. The van der Waals surface area contributed by atoms with Crippen LogP contribution in [-0.2, 0) is 4.79 Å². The minimum absolute atomic E-state index is 0.0883. The third kappa shape index (κ3) is 3.86. The second-order valence-corrected chi connectivity index (χ2v) is 3.93. The summed E-state index contributed by atoms with van der Waals surface area (Å²) in [4.78, 5) is 20.7. The molecule has 8 heteroatoms. The molecule has 1 amide bonds. The highest BCUT2D eigenvalue weighted by Gasteiger charge is 2.12. The van der Waals surface area contributed by atoms with Crippen molar-refractivity contribution in [3.63, 3.8) is 0 Å². The number of nitro benzene ring substituents is 1. The maximum atomic E-state index is 10.7. The molecule has 0 saturated heterocycles. The van der Waals surface area contributed by atoms with Gasteiger partial charge < -0.3 is 16.2 Å². The topological polar surface area (TPSA) is 121 Å². The first kappa shape index (κ1) is 14.2. The zero-order valence-corrected chi connectivity index (χ0v) is 10.1. The summed E-state index contributed by atoms with van der Waals surface area (Å²) in [5, 5.41) is 10.8. The summed E-state index contributed by atoms with van der Waals surface area (Å²) in [7, 11) is 0. The number of primary amides is 1. The van der Waals surface area contributed by atoms with Crippen LogP contribution in [0.5, 0.6) is 5.75 Å². The minimum atomic E-state index is -0.817. The second kappa shape index (κ2) is 6.18. The van der Waals surface area contributed by atoms with Crippen LogP contribution in [0.4, 0.5) is 5.69 Å². The second-order valence-electron chi connectivity index (χ2n) is 3.52. The zero-order valence-electron chi connectivity index (χ0n) is 9.34. The van der Waals surface area contributed by atoms with Gasteiger partial charge in [-0.1, -0.05) is 11.6 Å². The molecule has 0 radical (unpaired) electrons. The Morgan fingerprint density at radius 2 is 2.22 bits per heavy atom. The number of hydrogen-bond donors (Lipinski definition) is 2. The molecule has 0 heterocycles. The average molecular weight is 274 g/mol. The fourth-order valence-electron chi connectivity index (χ4n) is 1.15. The van der Waals surface area contributed by atoms with E-state index in [0.29, 0.717) is 0 Å². The molecule has 98 valence electrons. The molecular formula is C10H12ClN3O4. The molecule has 7 nitrogen and oxygen atoms in total. The monoisotopic (exact) mass is 273 g/mol. The van der Waals surface area contributed by atoms with Crippen LogP contribution in [0, 0.1) is 10.1 Å². The number of benzene rings is 1. The van der Waals surface area contributed by atoms with Crippen LogP contribution in [-0.4, -0.2) is 23.5 Å². The number of carbonyl (C=O) groups excluding carboxylic acids is 1. The van der Waals surface area contributed by atoms with Crippen LogP contribution in [0.2, 0.25) is 5.02 Å². The molecule has 1 unspecified atom stereocenters. The first-order chi connectivity index (χ1) is 8.41. The maximum Gasteiger partial charge on any atom is 0.273 e. The lowest BCUT2D eigenvalue weighted by molar-refractivity contribution is -0.384. The summed E-state index contributed by atoms with van der Waals surface area (Å²) in [6.45, 7) is 0.0883. The van der Waals surface area contributed by atoms with E-state index in [9.17, 15) is 14.9 Å². The van der Waals surface area contributed by atoms with Crippen molar-refractivity contribution in [2.45, 2.75) is 12.5 Å². The van der Waals surface area contributed by atoms with E-state index in [1.54, 1.807) is 0 Å². The van der Waals surface area contributed by atoms with E-state index in [0.717, 1.165) is 0 Å². The molecule has 0 fully saturated rings. The van der Waals surface area contributed by atoms with Crippen molar-refractivity contribution in [2.24, 2.45) is 11.5 Å². The first-order valence-electron chi connectivity index (χ1n) is 5.03. The van der Waals surface area contributed by atoms with E-state index in [1.807, 2.05) is 0 Å². The van der Waals surface area contributed by atoms with Crippen molar-refractivity contribution in [1.29, 1.82) is 0 Å². The molecule has 0 spiro atoms. The number of halogens is 1.